The highest BCUT2D eigenvalue weighted by molar-refractivity contribution is 5.91. The van der Waals surface area contributed by atoms with Crippen molar-refractivity contribution in [3.8, 4) is 28.7 Å². The van der Waals surface area contributed by atoms with E-state index < -0.39 is 5.97 Å². The van der Waals surface area contributed by atoms with Crippen LogP contribution in [-0.2, 0) is 16.0 Å². The second-order valence-electron chi connectivity index (χ2n) is 8.89. The third kappa shape index (κ3) is 3.59. The molecule has 0 radical (unpaired) electrons. The minimum Gasteiger partial charge on any atom is -0.493 e. The molecule has 1 aliphatic carbocycles. The Morgan fingerprint density at radius 3 is 2.47 bits per heavy atom. The Morgan fingerprint density at radius 2 is 1.78 bits per heavy atom. The molecule has 0 N–H and O–H groups in total. The predicted molar refractivity (Wildman–Crippen MR) is 125 cm³/mol. The van der Waals surface area contributed by atoms with Gasteiger partial charge in [-0.1, -0.05) is 0 Å². The third-order valence-electron chi connectivity index (χ3n) is 6.96. The lowest BCUT2D eigenvalue weighted by Gasteiger charge is -2.34. The third-order valence-corrected chi connectivity index (χ3v) is 6.96. The zero-order valence-corrected chi connectivity index (χ0v) is 19.7. The van der Waals surface area contributed by atoms with Crippen LogP contribution in [0, 0.1) is 11.8 Å². The second-order valence-corrected chi connectivity index (χ2v) is 8.89. The van der Waals surface area contributed by atoms with Gasteiger partial charge in [-0.3, -0.25) is 9.78 Å². The lowest BCUT2D eigenvalue weighted by molar-refractivity contribution is -0.141. The number of nitrogens with zero attached hydrogens (tertiary/aromatic N) is 1. The zero-order valence-electron chi connectivity index (χ0n) is 19.7. The van der Waals surface area contributed by atoms with Gasteiger partial charge in [-0.15, -0.1) is 0 Å². The molecule has 1 fully saturated rings. The van der Waals surface area contributed by atoms with Gasteiger partial charge in [-0.2, -0.15) is 0 Å². The maximum Gasteiger partial charge on any atom is 0.345 e. The van der Waals surface area contributed by atoms with Crippen LogP contribution in [0.1, 0.15) is 33.0 Å². The number of carbonyl (C=O) groups is 2. The Morgan fingerprint density at radius 1 is 1.03 bits per heavy atom. The molecular formula is C27H23NO8. The Hall–Kier alpha value is -4.27. The van der Waals surface area contributed by atoms with E-state index in [4.69, 9.17) is 28.4 Å². The molecule has 2 aliphatic heterocycles. The maximum absolute atomic E-state index is 12.9. The van der Waals surface area contributed by atoms with Crippen LogP contribution >= 0.6 is 0 Å². The molecule has 2 aromatic carbocycles. The number of hydrogen-bond donors (Lipinski definition) is 0. The number of carbonyl (C=O) groups excluding carboxylic acids is 2. The van der Waals surface area contributed by atoms with Crippen LogP contribution in [0.2, 0.25) is 0 Å². The number of ether oxygens (including phenoxy) is 6. The SMILES string of the molecule is COc1cc([C@@H]2c3cc4c(cc3C[C@H]3COC(=O)[C@@H]32)OCO4)cc(OC)c1OC(=O)c1cccnc1. The van der Waals surface area contributed by atoms with Gasteiger partial charge in [-0.05, 0) is 59.5 Å². The largest absolute Gasteiger partial charge is 0.493 e. The number of fused-ring (bicyclic) bond motifs is 3. The summed E-state index contributed by atoms with van der Waals surface area (Å²) < 4.78 is 33.6. The molecule has 184 valence electrons. The molecule has 6 rings (SSSR count). The van der Waals surface area contributed by atoms with Crippen molar-refractivity contribution in [1.82, 2.24) is 4.98 Å². The number of pyridine rings is 1. The molecule has 3 aliphatic rings. The Bertz CT molecular complexity index is 1330. The maximum atomic E-state index is 12.9. The van der Waals surface area contributed by atoms with E-state index in [1.165, 1.54) is 20.4 Å². The van der Waals surface area contributed by atoms with Crippen molar-refractivity contribution < 1.29 is 38.0 Å². The van der Waals surface area contributed by atoms with E-state index in [2.05, 4.69) is 4.98 Å². The normalized spacial score (nSPS) is 21.3. The molecular weight excluding hydrogens is 466 g/mol. The van der Waals surface area contributed by atoms with Gasteiger partial charge in [0.05, 0.1) is 32.3 Å². The van der Waals surface area contributed by atoms with Crippen molar-refractivity contribution in [2.24, 2.45) is 11.8 Å². The highest BCUT2D eigenvalue weighted by atomic mass is 16.7. The molecule has 0 unspecified atom stereocenters. The molecule has 3 aromatic rings. The van der Waals surface area contributed by atoms with E-state index in [0.29, 0.717) is 41.6 Å². The molecule has 0 amide bonds. The molecule has 0 saturated carbocycles. The number of benzene rings is 2. The predicted octanol–water partition coefficient (Wildman–Crippen LogP) is 3.52. The fourth-order valence-electron chi connectivity index (χ4n) is 5.32. The number of methoxy groups -OCH3 is 2. The van der Waals surface area contributed by atoms with Crippen LogP contribution in [0.4, 0.5) is 0 Å². The van der Waals surface area contributed by atoms with Crippen molar-refractivity contribution in [2.75, 3.05) is 27.6 Å². The van der Waals surface area contributed by atoms with E-state index in [-0.39, 0.29) is 36.3 Å². The van der Waals surface area contributed by atoms with Crippen LogP contribution in [0.15, 0.2) is 48.8 Å². The van der Waals surface area contributed by atoms with E-state index in [9.17, 15) is 9.59 Å². The van der Waals surface area contributed by atoms with Crippen LogP contribution in [0.3, 0.4) is 0 Å². The van der Waals surface area contributed by atoms with E-state index in [1.54, 1.807) is 30.5 Å². The Kier molecular flexibility index (Phi) is 5.40. The van der Waals surface area contributed by atoms with Gasteiger partial charge >= 0.3 is 11.9 Å². The van der Waals surface area contributed by atoms with Gasteiger partial charge in [0.2, 0.25) is 12.5 Å². The number of esters is 2. The summed E-state index contributed by atoms with van der Waals surface area (Å²) in [6.45, 7) is 0.527. The van der Waals surface area contributed by atoms with Gasteiger partial charge in [0.1, 0.15) is 0 Å². The van der Waals surface area contributed by atoms with Crippen molar-refractivity contribution in [2.45, 2.75) is 12.3 Å². The molecule has 9 nitrogen and oxygen atoms in total. The minimum absolute atomic E-state index is 0.0236. The standard InChI is InChI=1S/C27H23NO8/c1-31-21-8-16(9-22(32-2)25(21)36-26(29)14-4-3-5-28-11-14)23-18-10-20-19(34-13-35-20)7-15(18)6-17-12-33-27(30)24(17)23/h3-5,7-11,17,23-24H,6,12-13H2,1-2H3/t17-,23+,24-/m0/s1. The molecule has 1 aromatic heterocycles. The van der Waals surface area contributed by atoms with Gasteiger partial charge in [0.25, 0.3) is 0 Å². The number of rotatable bonds is 5. The van der Waals surface area contributed by atoms with Gasteiger partial charge in [0, 0.05) is 24.2 Å². The van der Waals surface area contributed by atoms with Crippen molar-refractivity contribution in [1.29, 1.82) is 0 Å². The lowest BCUT2D eigenvalue weighted by Crippen LogP contribution is -2.31. The minimum atomic E-state index is -0.595. The Balaban J connectivity index is 1.46. The first-order chi connectivity index (χ1) is 17.6. The summed E-state index contributed by atoms with van der Waals surface area (Å²) in [7, 11) is 2.97. The Labute approximate surface area is 206 Å². The number of cyclic esters (lactones) is 1. The average Bonchev–Trinajstić information content (AvgIpc) is 3.52. The smallest absolute Gasteiger partial charge is 0.345 e. The first kappa shape index (κ1) is 22.2. The van der Waals surface area contributed by atoms with Crippen molar-refractivity contribution in [3.05, 3.63) is 71.0 Å². The highest BCUT2D eigenvalue weighted by Crippen LogP contribution is 2.52. The summed E-state index contributed by atoms with van der Waals surface area (Å²) in [4.78, 5) is 29.6. The van der Waals surface area contributed by atoms with Crippen LogP contribution in [0.5, 0.6) is 28.7 Å². The molecule has 9 heteroatoms. The van der Waals surface area contributed by atoms with Crippen molar-refractivity contribution in [3.63, 3.8) is 0 Å². The van der Waals surface area contributed by atoms with E-state index >= 15 is 0 Å². The van der Waals surface area contributed by atoms with Crippen LogP contribution < -0.4 is 23.7 Å². The molecule has 3 atom stereocenters. The first-order valence-electron chi connectivity index (χ1n) is 11.5. The quantitative estimate of drug-likeness (QED) is 0.393. The van der Waals surface area contributed by atoms with Gasteiger partial charge in [-0.25, -0.2) is 4.79 Å². The number of aromatic nitrogens is 1. The van der Waals surface area contributed by atoms with Crippen LogP contribution in [-0.4, -0.2) is 44.5 Å². The molecule has 3 heterocycles. The van der Waals surface area contributed by atoms with Gasteiger partial charge in [0.15, 0.2) is 23.0 Å². The summed E-state index contributed by atoms with van der Waals surface area (Å²) >= 11 is 0. The summed E-state index contributed by atoms with van der Waals surface area (Å²) in [6.07, 6.45) is 3.70. The summed E-state index contributed by atoms with van der Waals surface area (Å²) in [6, 6.07) is 10.7. The average molecular weight is 489 g/mol. The highest BCUT2D eigenvalue weighted by Gasteiger charge is 2.48. The second kappa shape index (κ2) is 8.75. The van der Waals surface area contributed by atoms with E-state index in [1.807, 2.05) is 12.1 Å². The molecule has 0 bridgehead atoms. The summed E-state index contributed by atoms with van der Waals surface area (Å²) in [5, 5.41) is 0. The molecule has 1 saturated heterocycles. The lowest BCUT2D eigenvalue weighted by atomic mass is 9.67. The first-order valence-corrected chi connectivity index (χ1v) is 11.5. The number of hydrogen-bond acceptors (Lipinski definition) is 9. The summed E-state index contributed by atoms with van der Waals surface area (Å²) in [5.41, 5.74) is 3.11. The van der Waals surface area contributed by atoms with Crippen LogP contribution in [0.25, 0.3) is 0 Å². The van der Waals surface area contributed by atoms with Gasteiger partial charge < -0.3 is 28.4 Å². The zero-order chi connectivity index (χ0) is 24.8. The fourth-order valence-corrected chi connectivity index (χ4v) is 5.32. The molecule has 36 heavy (non-hydrogen) atoms. The topological polar surface area (TPSA) is 102 Å². The van der Waals surface area contributed by atoms with E-state index in [0.717, 1.165) is 16.7 Å². The summed E-state index contributed by atoms with van der Waals surface area (Å²) in [5.74, 6) is 0.565. The fraction of sp³-hybridized carbons (Fsp3) is 0.296. The molecule has 0 spiro atoms. The monoisotopic (exact) mass is 489 g/mol. The van der Waals surface area contributed by atoms with Crippen molar-refractivity contribution >= 4 is 11.9 Å².